The summed E-state index contributed by atoms with van der Waals surface area (Å²) in [6.45, 7) is 3.42. The van der Waals surface area contributed by atoms with Crippen LogP contribution in [0.4, 0.5) is 0 Å². The summed E-state index contributed by atoms with van der Waals surface area (Å²) in [5, 5.41) is 0.340. The molecule has 1 heterocycles. The van der Waals surface area contributed by atoms with Gasteiger partial charge in [-0.25, -0.2) is 4.79 Å². The minimum absolute atomic E-state index is 0.154. The Morgan fingerprint density at radius 1 is 1.45 bits per heavy atom. The maximum absolute atomic E-state index is 12.3. The maximum Gasteiger partial charge on any atom is 0.346 e. The van der Waals surface area contributed by atoms with E-state index in [1.165, 1.54) is 23.7 Å². The molecule has 0 aromatic carbocycles. The van der Waals surface area contributed by atoms with Gasteiger partial charge in [-0.15, -0.1) is 11.8 Å². The average Bonchev–Trinajstić information content (AvgIpc) is 2.37. The second-order valence-electron chi connectivity index (χ2n) is 4.02. The number of hydrogen-bond donors (Lipinski definition) is 1. The topological polar surface area (TPSA) is 92.4 Å². The van der Waals surface area contributed by atoms with Gasteiger partial charge in [-0.3, -0.25) is 9.59 Å². The largest absolute Gasteiger partial charge is 0.465 e. The summed E-state index contributed by atoms with van der Waals surface area (Å²) in [7, 11) is 1.49. The van der Waals surface area contributed by atoms with Gasteiger partial charge in [-0.1, -0.05) is 0 Å². The normalized spacial score (nSPS) is 10.2. The van der Waals surface area contributed by atoms with Gasteiger partial charge in [0, 0.05) is 12.7 Å². The standard InChI is InChI=1S/C12H17N3O4S/c1-5-19-8(16)6-15(3)11(17)9-7(2)13-12(18)14-10(9)20-4/h5-6H2,1-4H3,(H,13,14,18). The number of nitrogens with one attached hydrogen (secondary N) is 1. The number of H-pyrrole nitrogens is 1. The first-order chi connectivity index (χ1) is 9.40. The highest BCUT2D eigenvalue weighted by Crippen LogP contribution is 2.19. The number of amides is 1. The quantitative estimate of drug-likeness (QED) is 0.482. The zero-order valence-corrected chi connectivity index (χ0v) is 12.7. The fraction of sp³-hybridized carbons (Fsp3) is 0.500. The Morgan fingerprint density at radius 2 is 2.10 bits per heavy atom. The lowest BCUT2D eigenvalue weighted by atomic mass is 10.2. The van der Waals surface area contributed by atoms with Crippen molar-refractivity contribution < 1.29 is 14.3 Å². The Balaban J connectivity index is 3.03. The molecule has 0 atom stereocenters. The monoisotopic (exact) mass is 299 g/mol. The Labute approximate surface area is 120 Å². The number of aromatic nitrogens is 2. The van der Waals surface area contributed by atoms with Crippen molar-refractivity contribution in [1.82, 2.24) is 14.9 Å². The van der Waals surface area contributed by atoms with Crippen molar-refractivity contribution in [2.24, 2.45) is 0 Å². The van der Waals surface area contributed by atoms with E-state index < -0.39 is 11.7 Å². The summed E-state index contributed by atoms with van der Waals surface area (Å²) in [5.74, 6) is -0.868. The highest BCUT2D eigenvalue weighted by molar-refractivity contribution is 7.98. The number of aryl methyl sites for hydroxylation is 1. The number of aromatic amines is 1. The van der Waals surface area contributed by atoms with Crippen molar-refractivity contribution in [3.05, 3.63) is 21.7 Å². The molecule has 1 aromatic heterocycles. The van der Waals surface area contributed by atoms with Gasteiger partial charge in [0.05, 0.1) is 12.2 Å². The van der Waals surface area contributed by atoms with Crippen molar-refractivity contribution in [3.8, 4) is 0 Å². The number of rotatable bonds is 5. The van der Waals surface area contributed by atoms with Crippen molar-refractivity contribution in [1.29, 1.82) is 0 Å². The molecule has 0 fully saturated rings. The molecule has 0 bridgehead atoms. The van der Waals surface area contributed by atoms with E-state index in [1.54, 1.807) is 20.1 Å². The zero-order valence-electron chi connectivity index (χ0n) is 11.8. The van der Waals surface area contributed by atoms with Crippen LogP contribution in [0, 0.1) is 6.92 Å². The molecule has 1 N–H and O–H groups in total. The van der Waals surface area contributed by atoms with Gasteiger partial charge >= 0.3 is 11.7 Å². The molecule has 1 amide bonds. The zero-order chi connectivity index (χ0) is 15.3. The molecule has 1 aromatic rings. The Bertz CT molecular complexity index is 570. The highest BCUT2D eigenvalue weighted by Gasteiger charge is 2.22. The third-order valence-electron chi connectivity index (χ3n) is 2.51. The van der Waals surface area contributed by atoms with Crippen molar-refractivity contribution in [2.75, 3.05) is 26.5 Å². The molecule has 0 aliphatic carbocycles. The summed E-state index contributed by atoms with van der Waals surface area (Å²) >= 11 is 1.20. The minimum Gasteiger partial charge on any atom is -0.465 e. The van der Waals surface area contributed by atoms with Gasteiger partial charge in [-0.05, 0) is 20.1 Å². The molecule has 0 saturated heterocycles. The second-order valence-corrected chi connectivity index (χ2v) is 4.81. The van der Waals surface area contributed by atoms with Crippen LogP contribution in [0.1, 0.15) is 23.0 Å². The molecule has 1 rings (SSSR count). The van der Waals surface area contributed by atoms with E-state index in [0.29, 0.717) is 16.3 Å². The average molecular weight is 299 g/mol. The molecule has 8 heteroatoms. The van der Waals surface area contributed by atoms with E-state index in [0.717, 1.165) is 0 Å². The van der Waals surface area contributed by atoms with E-state index in [9.17, 15) is 14.4 Å². The molecule has 0 aliphatic rings. The molecular formula is C12H17N3O4S. The molecule has 7 nitrogen and oxygen atoms in total. The summed E-state index contributed by atoms with van der Waals surface area (Å²) < 4.78 is 4.79. The van der Waals surface area contributed by atoms with E-state index in [2.05, 4.69) is 9.97 Å². The molecule has 0 aliphatic heterocycles. The first-order valence-corrected chi connectivity index (χ1v) is 7.19. The molecular weight excluding hydrogens is 282 g/mol. The van der Waals surface area contributed by atoms with Gasteiger partial charge in [-0.2, -0.15) is 4.98 Å². The van der Waals surface area contributed by atoms with Gasteiger partial charge < -0.3 is 14.6 Å². The molecule has 0 saturated carbocycles. The second kappa shape index (κ2) is 7.09. The lowest BCUT2D eigenvalue weighted by Crippen LogP contribution is -2.34. The minimum atomic E-state index is -0.503. The van der Waals surface area contributed by atoms with Crippen LogP contribution in [-0.2, 0) is 9.53 Å². The van der Waals surface area contributed by atoms with Crippen LogP contribution in [-0.4, -0.2) is 53.2 Å². The maximum atomic E-state index is 12.3. The van der Waals surface area contributed by atoms with Gasteiger partial charge in [0.15, 0.2) is 0 Å². The van der Waals surface area contributed by atoms with Crippen LogP contribution >= 0.6 is 11.8 Å². The predicted molar refractivity (Wildman–Crippen MR) is 75.0 cm³/mol. The smallest absolute Gasteiger partial charge is 0.346 e. The number of carbonyl (C=O) groups excluding carboxylic acids is 2. The Kier molecular flexibility index (Phi) is 5.75. The van der Waals surface area contributed by atoms with Crippen LogP contribution in [0.3, 0.4) is 0 Å². The third kappa shape index (κ3) is 3.83. The number of hydrogen-bond acceptors (Lipinski definition) is 6. The number of likely N-dealkylation sites (N-methyl/N-ethyl adjacent to an activating group) is 1. The van der Waals surface area contributed by atoms with Crippen molar-refractivity contribution in [3.63, 3.8) is 0 Å². The van der Waals surface area contributed by atoms with Crippen LogP contribution in [0.15, 0.2) is 9.82 Å². The van der Waals surface area contributed by atoms with Gasteiger partial charge in [0.1, 0.15) is 11.6 Å². The summed E-state index contributed by atoms with van der Waals surface area (Å²) in [6.07, 6.45) is 1.73. The third-order valence-corrected chi connectivity index (χ3v) is 3.19. The first-order valence-electron chi connectivity index (χ1n) is 5.96. The highest BCUT2D eigenvalue weighted by atomic mass is 32.2. The molecule has 110 valence electrons. The predicted octanol–water partition coefficient (Wildman–Crippen LogP) is 0.435. The summed E-state index contributed by atoms with van der Waals surface area (Å²) in [6, 6.07) is 0. The molecule has 0 unspecified atom stereocenters. The lowest BCUT2D eigenvalue weighted by molar-refractivity contribution is -0.143. The molecule has 0 spiro atoms. The van der Waals surface area contributed by atoms with Crippen molar-refractivity contribution in [2.45, 2.75) is 18.9 Å². The number of esters is 1. The SMILES string of the molecule is CCOC(=O)CN(C)C(=O)c1c(SC)nc(=O)[nH]c1C. The Morgan fingerprint density at radius 3 is 2.65 bits per heavy atom. The van der Waals surface area contributed by atoms with Crippen molar-refractivity contribution >= 4 is 23.6 Å². The number of ether oxygens (including phenoxy) is 1. The first kappa shape index (κ1) is 16.2. The molecule has 0 radical (unpaired) electrons. The van der Waals surface area contributed by atoms with Crippen LogP contribution in [0.2, 0.25) is 0 Å². The Hall–Kier alpha value is -1.83. The van der Waals surface area contributed by atoms with Crippen LogP contribution < -0.4 is 5.69 Å². The summed E-state index contributed by atoms with van der Waals surface area (Å²) in [4.78, 5) is 42.5. The number of nitrogens with zero attached hydrogens (tertiary/aromatic N) is 2. The fourth-order valence-electron chi connectivity index (χ4n) is 1.62. The van der Waals surface area contributed by atoms with E-state index in [-0.39, 0.29) is 19.1 Å². The van der Waals surface area contributed by atoms with Crippen LogP contribution in [0.25, 0.3) is 0 Å². The van der Waals surface area contributed by atoms with Gasteiger partial charge in [0.2, 0.25) is 0 Å². The van der Waals surface area contributed by atoms with Gasteiger partial charge in [0.25, 0.3) is 5.91 Å². The molecule has 20 heavy (non-hydrogen) atoms. The van der Waals surface area contributed by atoms with E-state index in [4.69, 9.17) is 4.74 Å². The van der Waals surface area contributed by atoms with Crippen LogP contribution in [0.5, 0.6) is 0 Å². The lowest BCUT2D eigenvalue weighted by Gasteiger charge is -2.18. The van der Waals surface area contributed by atoms with E-state index in [1.807, 2.05) is 0 Å². The number of carbonyl (C=O) groups is 2. The van der Waals surface area contributed by atoms with E-state index >= 15 is 0 Å². The fourth-order valence-corrected chi connectivity index (χ4v) is 2.24. The number of thioether (sulfide) groups is 1. The summed E-state index contributed by atoms with van der Waals surface area (Å²) in [5.41, 5.74) is 0.218.